The van der Waals surface area contributed by atoms with Gasteiger partial charge < -0.3 is 16.2 Å². The van der Waals surface area contributed by atoms with Crippen molar-refractivity contribution in [3.63, 3.8) is 0 Å². The predicted molar refractivity (Wildman–Crippen MR) is 82.7 cm³/mol. The number of carbonyl (C=O) groups is 1. The van der Waals surface area contributed by atoms with E-state index in [1.807, 2.05) is 12.1 Å². The van der Waals surface area contributed by atoms with Crippen LogP contribution in [-0.4, -0.2) is 11.4 Å². The third-order valence-corrected chi connectivity index (χ3v) is 3.41. The number of halogens is 1. The normalized spacial score (nSPS) is 13.4. The Bertz CT molecular complexity index is 654. The molecule has 0 radical (unpaired) electrons. The molecule has 0 saturated heterocycles. The first-order chi connectivity index (χ1) is 10.4. The molecule has 0 bridgehead atoms. The van der Waals surface area contributed by atoms with Gasteiger partial charge in [0, 0.05) is 5.56 Å². The highest BCUT2D eigenvalue weighted by atomic mass is 19.1. The summed E-state index contributed by atoms with van der Waals surface area (Å²) in [4.78, 5) is 11.2. The van der Waals surface area contributed by atoms with Crippen LogP contribution < -0.4 is 16.2 Å². The highest BCUT2D eigenvalue weighted by Gasteiger charge is 2.25. The molecule has 0 aliphatic rings. The van der Waals surface area contributed by atoms with Crippen molar-refractivity contribution in [1.82, 2.24) is 0 Å². The maximum Gasteiger partial charge on any atom is 0.237 e. The molecule has 0 aliphatic heterocycles. The third-order valence-electron chi connectivity index (χ3n) is 3.41. The summed E-state index contributed by atoms with van der Waals surface area (Å²) in [5.74, 6) is -0.225. The molecule has 22 heavy (non-hydrogen) atoms. The van der Waals surface area contributed by atoms with Crippen LogP contribution >= 0.6 is 0 Å². The van der Waals surface area contributed by atoms with Crippen LogP contribution in [0.2, 0.25) is 0 Å². The second-order valence-electron chi connectivity index (χ2n) is 5.48. The standard InChI is InChI=1S/C17H19FN2O2/c1-17(20,16(19)21)10-12-6-8-14(9-7-12)22-11-13-4-2-3-5-15(13)18/h2-9H,10-11,20H2,1H3,(H2,19,21). The number of amides is 1. The maximum absolute atomic E-state index is 13.5. The summed E-state index contributed by atoms with van der Waals surface area (Å²) in [5, 5.41) is 0. The average molecular weight is 302 g/mol. The zero-order valence-electron chi connectivity index (χ0n) is 12.4. The van der Waals surface area contributed by atoms with Crippen molar-refractivity contribution < 1.29 is 13.9 Å². The van der Waals surface area contributed by atoms with Gasteiger partial charge in [-0.05, 0) is 37.1 Å². The number of benzene rings is 2. The van der Waals surface area contributed by atoms with E-state index in [-0.39, 0.29) is 12.4 Å². The first kappa shape index (κ1) is 16.0. The number of hydrogen-bond acceptors (Lipinski definition) is 3. The van der Waals surface area contributed by atoms with Crippen LogP contribution in [0.3, 0.4) is 0 Å². The Morgan fingerprint density at radius 2 is 1.82 bits per heavy atom. The third kappa shape index (κ3) is 4.05. The fraction of sp³-hybridized carbons (Fsp3) is 0.235. The minimum Gasteiger partial charge on any atom is -0.489 e. The fourth-order valence-corrected chi connectivity index (χ4v) is 1.99. The number of hydrogen-bond donors (Lipinski definition) is 2. The minimum absolute atomic E-state index is 0.155. The first-order valence-electron chi connectivity index (χ1n) is 6.92. The van der Waals surface area contributed by atoms with E-state index in [9.17, 15) is 9.18 Å². The molecule has 0 spiro atoms. The van der Waals surface area contributed by atoms with Crippen molar-refractivity contribution in [2.75, 3.05) is 0 Å². The lowest BCUT2D eigenvalue weighted by Gasteiger charge is -2.20. The molecular weight excluding hydrogens is 283 g/mol. The Labute approximate surface area is 128 Å². The number of ether oxygens (including phenoxy) is 1. The van der Waals surface area contributed by atoms with Gasteiger partial charge in [0.25, 0.3) is 0 Å². The van der Waals surface area contributed by atoms with Gasteiger partial charge in [-0.3, -0.25) is 4.79 Å². The average Bonchev–Trinajstić information content (AvgIpc) is 2.47. The lowest BCUT2D eigenvalue weighted by molar-refractivity contribution is -0.122. The predicted octanol–water partition coefficient (Wildman–Crippen LogP) is 2.15. The Balaban J connectivity index is 1.98. The van der Waals surface area contributed by atoms with E-state index in [1.54, 1.807) is 37.3 Å². The van der Waals surface area contributed by atoms with E-state index in [1.165, 1.54) is 6.07 Å². The smallest absolute Gasteiger partial charge is 0.237 e. The highest BCUT2D eigenvalue weighted by Crippen LogP contribution is 2.18. The molecule has 1 amide bonds. The molecule has 5 heteroatoms. The van der Waals surface area contributed by atoms with Crippen LogP contribution in [0.4, 0.5) is 4.39 Å². The van der Waals surface area contributed by atoms with Crippen LogP contribution in [0.5, 0.6) is 5.75 Å². The zero-order chi connectivity index (χ0) is 16.2. The van der Waals surface area contributed by atoms with E-state index in [0.717, 1.165) is 5.56 Å². The van der Waals surface area contributed by atoms with E-state index in [2.05, 4.69) is 0 Å². The summed E-state index contributed by atoms with van der Waals surface area (Å²) in [5.41, 5.74) is 11.4. The molecule has 116 valence electrons. The first-order valence-corrected chi connectivity index (χ1v) is 6.92. The van der Waals surface area contributed by atoms with Crippen molar-refractivity contribution in [2.24, 2.45) is 11.5 Å². The van der Waals surface area contributed by atoms with Gasteiger partial charge in [-0.25, -0.2) is 4.39 Å². The molecule has 4 nitrogen and oxygen atoms in total. The van der Waals surface area contributed by atoms with Crippen LogP contribution in [0, 0.1) is 5.82 Å². The van der Waals surface area contributed by atoms with Crippen molar-refractivity contribution in [3.05, 3.63) is 65.5 Å². The Hall–Kier alpha value is -2.40. The Morgan fingerprint density at radius 1 is 1.18 bits per heavy atom. The molecule has 1 atom stereocenters. The van der Waals surface area contributed by atoms with Gasteiger partial charge in [0.2, 0.25) is 5.91 Å². The highest BCUT2D eigenvalue weighted by molar-refractivity contribution is 5.84. The number of carbonyl (C=O) groups excluding carboxylic acids is 1. The monoisotopic (exact) mass is 302 g/mol. The molecule has 4 N–H and O–H groups in total. The fourth-order valence-electron chi connectivity index (χ4n) is 1.99. The number of nitrogens with two attached hydrogens (primary N) is 2. The quantitative estimate of drug-likeness (QED) is 0.858. The molecule has 0 saturated carbocycles. The van der Waals surface area contributed by atoms with E-state index >= 15 is 0 Å². The van der Waals surface area contributed by atoms with Gasteiger partial charge in [0.05, 0.1) is 5.54 Å². The minimum atomic E-state index is -1.09. The van der Waals surface area contributed by atoms with Gasteiger partial charge >= 0.3 is 0 Å². The van der Waals surface area contributed by atoms with E-state index in [0.29, 0.717) is 17.7 Å². The van der Waals surface area contributed by atoms with Gasteiger partial charge in [-0.2, -0.15) is 0 Å². The van der Waals surface area contributed by atoms with E-state index < -0.39 is 11.4 Å². The molecule has 0 aromatic heterocycles. The molecule has 0 heterocycles. The van der Waals surface area contributed by atoms with Crippen molar-refractivity contribution in [1.29, 1.82) is 0 Å². The number of primary amides is 1. The van der Waals surface area contributed by atoms with Gasteiger partial charge in [-0.1, -0.05) is 30.3 Å². The van der Waals surface area contributed by atoms with Crippen molar-refractivity contribution in [2.45, 2.75) is 25.5 Å². The molecule has 2 aromatic rings. The number of rotatable bonds is 6. The summed E-state index contributed by atoms with van der Waals surface area (Å²) in [6.45, 7) is 1.75. The Kier molecular flexibility index (Phi) is 4.78. The molecular formula is C17H19FN2O2. The topological polar surface area (TPSA) is 78.3 Å². The van der Waals surface area contributed by atoms with Gasteiger partial charge in [0.1, 0.15) is 18.2 Å². The summed E-state index contributed by atoms with van der Waals surface area (Å²) in [7, 11) is 0. The molecule has 1 unspecified atom stereocenters. The summed E-state index contributed by atoms with van der Waals surface area (Å²) >= 11 is 0. The second-order valence-corrected chi connectivity index (χ2v) is 5.48. The van der Waals surface area contributed by atoms with Crippen LogP contribution in [0.1, 0.15) is 18.1 Å². The van der Waals surface area contributed by atoms with Crippen LogP contribution in [0.25, 0.3) is 0 Å². The Morgan fingerprint density at radius 3 is 2.41 bits per heavy atom. The maximum atomic E-state index is 13.5. The van der Waals surface area contributed by atoms with Gasteiger partial charge in [-0.15, -0.1) is 0 Å². The van der Waals surface area contributed by atoms with Crippen LogP contribution in [-0.2, 0) is 17.8 Å². The van der Waals surface area contributed by atoms with E-state index in [4.69, 9.17) is 16.2 Å². The summed E-state index contributed by atoms with van der Waals surface area (Å²) in [6.07, 6.45) is 0.343. The molecule has 0 aliphatic carbocycles. The van der Waals surface area contributed by atoms with Crippen LogP contribution in [0.15, 0.2) is 48.5 Å². The largest absolute Gasteiger partial charge is 0.489 e. The summed E-state index contributed by atoms with van der Waals surface area (Å²) < 4.78 is 19.0. The summed E-state index contributed by atoms with van der Waals surface area (Å²) in [6, 6.07) is 13.6. The van der Waals surface area contributed by atoms with Crippen molar-refractivity contribution in [3.8, 4) is 5.75 Å². The SMILES string of the molecule is CC(N)(Cc1ccc(OCc2ccccc2F)cc1)C(N)=O. The second kappa shape index (κ2) is 6.58. The van der Waals surface area contributed by atoms with Gasteiger partial charge in [0.15, 0.2) is 0 Å². The molecule has 2 rings (SSSR count). The molecule has 0 fully saturated rings. The lowest BCUT2D eigenvalue weighted by atomic mass is 9.93. The zero-order valence-corrected chi connectivity index (χ0v) is 12.4. The molecule has 2 aromatic carbocycles. The lowest BCUT2D eigenvalue weighted by Crippen LogP contribution is -2.51. The van der Waals surface area contributed by atoms with Crippen molar-refractivity contribution >= 4 is 5.91 Å².